The minimum atomic E-state index is -0.327. The Morgan fingerprint density at radius 2 is 2.16 bits per heavy atom. The third-order valence-corrected chi connectivity index (χ3v) is 2.80. The van der Waals surface area contributed by atoms with Crippen LogP contribution in [-0.4, -0.2) is 37.9 Å². The maximum absolute atomic E-state index is 12.1. The van der Waals surface area contributed by atoms with Crippen molar-refractivity contribution in [1.82, 2.24) is 5.32 Å². The molecular weight excluding hydrogens is 246 g/mol. The van der Waals surface area contributed by atoms with Gasteiger partial charge in [-0.05, 0) is 18.6 Å². The molecule has 0 aromatic heterocycles. The smallest absolute Gasteiger partial charge is 0.255 e. The summed E-state index contributed by atoms with van der Waals surface area (Å²) < 4.78 is 10.0. The van der Waals surface area contributed by atoms with E-state index in [1.807, 2.05) is 6.92 Å². The standard InChI is InChI=1S/C14H21NO4/c1-4-6-10(9-18-2)15-14(17)11-7-5-8-12(19-3)13(11)16/h5,7-8,10,16H,4,6,9H2,1-3H3,(H,15,17). The van der Waals surface area contributed by atoms with Crippen LogP contribution in [0.2, 0.25) is 0 Å². The lowest BCUT2D eigenvalue weighted by atomic mass is 10.1. The molecule has 0 aliphatic carbocycles. The average Bonchev–Trinajstić information content (AvgIpc) is 2.39. The second-order valence-corrected chi connectivity index (χ2v) is 4.27. The molecule has 0 saturated heterocycles. The number of methoxy groups -OCH3 is 2. The highest BCUT2D eigenvalue weighted by Crippen LogP contribution is 2.29. The molecule has 1 atom stereocenters. The summed E-state index contributed by atoms with van der Waals surface area (Å²) in [5, 5.41) is 12.8. The summed E-state index contributed by atoms with van der Waals surface area (Å²) in [6, 6.07) is 4.76. The Labute approximate surface area is 113 Å². The second kappa shape index (κ2) is 7.63. The molecule has 2 N–H and O–H groups in total. The first-order chi connectivity index (χ1) is 9.13. The van der Waals surface area contributed by atoms with E-state index < -0.39 is 0 Å². The van der Waals surface area contributed by atoms with E-state index in [4.69, 9.17) is 9.47 Å². The lowest BCUT2D eigenvalue weighted by molar-refractivity contribution is 0.0888. The van der Waals surface area contributed by atoms with E-state index in [0.29, 0.717) is 6.61 Å². The number of rotatable bonds is 7. The van der Waals surface area contributed by atoms with Crippen molar-refractivity contribution in [2.75, 3.05) is 20.8 Å². The van der Waals surface area contributed by atoms with Gasteiger partial charge < -0.3 is 19.9 Å². The van der Waals surface area contributed by atoms with Crippen LogP contribution in [0, 0.1) is 0 Å². The van der Waals surface area contributed by atoms with E-state index in [1.165, 1.54) is 7.11 Å². The van der Waals surface area contributed by atoms with Crippen molar-refractivity contribution in [3.63, 3.8) is 0 Å². The Morgan fingerprint density at radius 3 is 2.74 bits per heavy atom. The van der Waals surface area contributed by atoms with Crippen LogP contribution < -0.4 is 10.1 Å². The number of phenols is 1. The fourth-order valence-electron chi connectivity index (χ4n) is 1.88. The Morgan fingerprint density at radius 1 is 1.42 bits per heavy atom. The third-order valence-electron chi connectivity index (χ3n) is 2.80. The van der Waals surface area contributed by atoms with Gasteiger partial charge in [0.05, 0.1) is 25.3 Å². The van der Waals surface area contributed by atoms with Crippen molar-refractivity contribution in [2.45, 2.75) is 25.8 Å². The van der Waals surface area contributed by atoms with Crippen LogP contribution in [0.25, 0.3) is 0 Å². The highest BCUT2D eigenvalue weighted by Gasteiger charge is 2.18. The average molecular weight is 267 g/mol. The monoisotopic (exact) mass is 267 g/mol. The molecule has 0 spiro atoms. The van der Waals surface area contributed by atoms with Crippen LogP contribution in [0.15, 0.2) is 18.2 Å². The van der Waals surface area contributed by atoms with Gasteiger partial charge in [0.15, 0.2) is 11.5 Å². The summed E-state index contributed by atoms with van der Waals surface area (Å²) in [7, 11) is 3.04. The Bertz CT molecular complexity index is 414. The van der Waals surface area contributed by atoms with Crippen LogP contribution in [0.4, 0.5) is 0 Å². The number of hydrogen-bond acceptors (Lipinski definition) is 4. The van der Waals surface area contributed by atoms with Crippen molar-refractivity contribution in [3.8, 4) is 11.5 Å². The Balaban J connectivity index is 2.82. The SMILES string of the molecule is CCCC(COC)NC(=O)c1cccc(OC)c1O. The Kier molecular flexibility index (Phi) is 6.15. The molecule has 0 heterocycles. The van der Waals surface area contributed by atoms with E-state index in [1.54, 1.807) is 25.3 Å². The second-order valence-electron chi connectivity index (χ2n) is 4.27. The van der Waals surface area contributed by atoms with Crippen molar-refractivity contribution >= 4 is 5.91 Å². The zero-order chi connectivity index (χ0) is 14.3. The topological polar surface area (TPSA) is 67.8 Å². The maximum atomic E-state index is 12.1. The van der Waals surface area contributed by atoms with E-state index >= 15 is 0 Å². The largest absolute Gasteiger partial charge is 0.504 e. The quantitative estimate of drug-likeness (QED) is 0.792. The molecule has 106 valence electrons. The summed E-state index contributed by atoms with van der Waals surface area (Å²) in [6.45, 7) is 2.49. The molecule has 1 rings (SSSR count). The third kappa shape index (κ3) is 4.13. The molecule has 0 aliphatic rings. The molecule has 5 heteroatoms. The number of ether oxygens (including phenoxy) is 2. The molecule has 0 saturated carbocycles. The number of benzene rings is 1. The number of aromatic hydroxyl groups is 1. The summed E-state index contributed by atoms with van der Waals surface area (Å²) in [5.41, 5.74) is 0.205. The molecule has 0 radical (unpaired) electrons. The zero-order valence-corrected chi connectivity index (χ0v) is 11.6. The van der Waals surface area contributed by atoms with Gasteiger partial charge in [-0.15, -0.1) is 0 Å². The molecule has 0 bridgehead atoms. The van der Waals surface area contributed by atoms with Gasteiger partial charge in [-0.25, -0.2) is 0 Å². The fourth-order valence-corrected chi connectivity index (χ4v) is 1.88. The van der Waals surface area contributed by atoms with Crippen LogP contribution in [-0.2, 0) is 4.74 Å². The zero-order valence-electron chi connectivity index (χ0n) is 11.6. The number of amides is 1. The van der Waals surface area contributed by atoms with Crippen molar-refractivity contribution in [2.24, 2.45) is 0 Å². The predicted molar refractivity (Wildman–Crippen MR) is 72.7 cm³/mol. The molecule has 1 aromatic carbocycles. The van der Waals surface area contributed by atoms with Gasteiger partial charge in [-0.3, -0.25) is 4.79 Å². The summed E-state index contributed by atoms with van der Waals surface area (Å²) in [4.78, 5) is 12.1. The van der Waals surface area contributed by atoms with Crippen LogP contribution in [0.3, 0.4) is 0 Å². The molecule has 1 amide bonds. The fraction of sp³-hybridized carbons (Fsp3) is 0.500. The van der Waals surface area contributed by atoms with E-state index in [2.05, 4.69) is 5.32 Å². The van der Waals surface area contributed by atoms with Gasteiger partial charge in [0, 0.05) is 7.11 Å². The summed E-state index contributed by atoms with van der Waals surface area (Å²) in [6.07, 6.45) is 1.77. The van der Waals surface area contributed by atoms with Gasteiger partial charge in [-0.2, -0.15) is 0 Å². The molecule has 1 aromatic rings. The van der Waals surface area contributed by atoms with Crippen LogP contribution >= 0.6 is 0 Å². The molecular formula is C14H21NO4. The minimum absolute atomic E-state index is 0.0619. The Hall–Kier alpha value is -1.75. The first-order valence-corrected chi connectivity index (χ1v) is 6.29. The number of nitrogens with one attached hydrogen (secondary N) is 1. The first kappa shape index (κ1) is 15.3. The van der Waals surface area contributed by atoms with Gasteiger partial charge in [0.2, 0.25) is 0 Å². The van der Waals surface area contributed by atoms with Gasteiger partial charge in [-0.1, -0.05) is 19.4 Å². The van der Waals surface area contributed by atoms with E-state index in [0.717, 1.165) is 12.8 Å². The summed E-state index contributed by atoms with van der Waals surface area (Å²) >= 11 is 0. The van der Waals surface area contributed by atoms with Crippen molar-refractivity contribution < 1.29 is 19.4 Å². The van der Waals surface area contributed by atoms with Gasteiger partial charge >= 0.3 is 0 Å². The molecule has 19 heavy (non-hydrogen) atoms. The van der Waals surface area contributed by atoms with Crippen molar-refractivity contribution in [3.05, 3.63) is 23.8 Å². The lowest BCUT2D eigenvalue weighted by Crippen LogP contribution is -2.37. The summed E-state index contributed by atoms with van der Waals surface area (Å²) in [5.74, 6) is -0.187. The van der Waals surface area contributed by atoms with E-state index in [9.17, 15) is 9.90 Å². The molecule has 5 nitrogen and oxygen atoms in total. The highest BCUT2D eigenvalue weighted by atomic mass is 16.5. The van der Waals surface area contributed by atoms with Crippen LogP contribution in [0.5, 0.6) is 11.5 Å². The number of phenolic OH excluding ortho intramolecular Hbond substituents is 1. The highest BCUT2D eigenvalue weighted by molar-refractivity contribution is 5.97. The minimum Gasteiger partial charge on any atom is -0.504 e. The predicted octanol–water partition coefficient (Wildman–Crippen LogP) is 1.95. The first-order valence-electron chi connectivity index (χ1n) is 6.29. The number of carbonyl (C=O) groups is 1. The van der Waals surface area contributed by atoms with Gasteiger partial charge in [0.25, 0.3) is 5.91 Å². The van der Waals surface area contributed by atoms with E-state index in [-0.39, 0.29) is 29.0 Å². The number of hydrogen-bond donors (Lipinski definition) is 2. The molecule has 0 fully saturated rings. The molecule has 0 aliphatic heterocycles. The maximum Gasteiger partial charge on any atom is 0.255 e. The van der Waals surface area contributed by atoms with Crippen LogP contribution in [0.1, 0.15) is 30.1 Å². The van der Waals surface area contributed by atoms with Crippen molar-refractivity contribution in [1.29, 1.82) is 0 Å². The molecule has 1 unspecified atom stereocenters. The number of carbonyl (C=O) groups excluding carboxylic acids is 1. The lowest BCUT2D eigenvalue weighted by Gasteiger charge is -2.17. The van der Waals surface area contributed by atoms with Gasteiger partial charge in [0.1, 0.15) is 0 Å². The normalized spacial score (nSPS) is 11.9. The number of para-hydroxylation sites is 1.